The topological polar surface area (TPSA) is 38.7 Å². The number of rotatable bonds is 6. The summed E-state index contributed by atoms with van der Waals surface area (Å²) in [7, 11) is 0. The van der Waals surface area contributed by atoms with Crippen molar-refractivity contribution in [3.05, 3.63) is 23.3 Å². The van der Waals surface area contributed by atoms with Crippen LogP contribution in [0, 0.1) is 23.2 Å². The summed E-state index contributed by atoms with van der Waals surface area (Å²) in [4.78, 5) is 0. The molecule has 2 spiro atoms. The van der Waals surface area contributed by atoms with Crippen LogP contribution in [0.4, 0.5) is 0 Å². The summed E-state index contributed by atoms with van der Waals surface area (Å²) in [6.45, 7) is 6.54. The predicted molar refractivity (Wildman–Crippen MR) is 102 cm³/mol. The average Bonchev–Trinajstić information content (AvgIpc) is 2.81. The van der Waals surface area contributed by atoms with E-state index in [1.54, 1.807) is 0 Å². The van der Waals surface area contributed by atoms with Crippen molar-refractivity contribution in [3.63, 3.8) is 0 Å². The van der Waals surface area contributed by atoms with Crippen molar-refractivity contribution in [3.8, 4) is 0 Å². The second-order valence-electron chi connectivity index (χ2n) is 9.75. The number of fused-ring (bicyclic) bond motifs is 1. The average molecular weight is 359 g/mol. The third kappa shape index (κ3) is 1.85. The molecule has 5 rings (SSSR count). The van der Waals surface area contributed by atoms with Crippen LogP contribution >= 0.6 is 0 Å². The number of hydrogen-bond acceptors (Lipinski definition) is 3. The minimum atomic E-state index is -0.511. The first kappa shape index (κ1) is 17.5. The first-order valence-electron chi connectivity index (χ1n) is 10.9. The first-order chi connectivity index (χ1) is 12.5. The number of unbranched alkanes of at least 4 members (excludes halogenated alkanes) is 3. The summed E-state index contributed by atoms with van der Waals surface area (Å²) in [6.07, 6.45) is 15.1. The largest absolute Gasteiger partial charge is 0.392 e. The molecule has 0 aromatic heterocycles. The Kier molecular flexibility index (Phi) is 3.82. The van der Waals surface area contributed by atoms with Crippen molar-refractivity contribution in [2.75, 3.05) is 6.61 Å². The zero-order valence-corrected chi connectivity index (χ0v) is 16.6. The Morgan fingerprint density at radius 1 is 1.23 bits per heavy atom. The van der Waals surface area contributed by atoms with Crippen LogP contribution in [0.5, 0.6) is 0 Å². The number of aliphatic hydroxyl groups is 1. The Bertz CT molecular complexity index is 662. The fourth-order valence-corrected chi connectivity index (χ4v) is 7.66. The van der Waals surface area contributed by atoms with Crippen molar-refractivity contribution in [1.82, 2.24) is 0 Å². The molecule has 1 N–H and O–H groups in total. The lowest BCUT2D eigenvalue weighted by molar-refractivity contribution is -0.293. The van der Waals surface area contributed by atoms with E-state index in [1.165, 1.54) is 50.5 Å². The van der Waals surface area contributed by atoms with Crippen molar-refractivity contribution in [2.45, 2.75) is 89.6 Å². The summed E-state index contributed by atoms with van der Waals surface area (Å²) in [6, 6.07) is 0. The van der Waals surface area contributed by atoms with Crippen LogP contribution in [-0.2, 0) is 9.47 Å². The van der Waals surface area contributed by atoms with Gasteiger partial charge in [-0.1, -0.05) is 51.2 Å². The van der Waals surface area contributed by atoms with Crippen LogP contribution in [0.2, 0.25) is 0 Å². The van der Waals surface area contributed by atoms with Gasteiger partial charge in [-0.3, -0.25) is 0 Å². The van der Waals surface area contributed by atoms with Crippen LogP contribution in [0.3, 0.4) is 0 Å². The predicted octanol–water partition coefficient (Wildman–Crippen LogP) is 4.75. The van der Waals surface area contributed by atoms with Gasteiger partial charge in [0.25, 0.3) is 0 Å². The zero-order valence-electron chi connectivity index (χ0n) is 16.6. The van der Waals surface area contributed by atoms with Crippen LogP contribution in [0.15, 0.2) is 23.3 Å². The number of ether oxygens (including phenoxy) is 2. The summed E-state index contributed by atoms with van der Waals surface area (Å²) >= 11 is 0. The van der Waals surface area contributed by atoms with Crippen molar-refractivity contribution >= 4 is 0 Å². The van der Waals surface area contributed by atoms with Crippen LogP contribution < -0.4 is 0 Å². The van der Waals surface area contributed by atoms with E-state index in [2.05, 4.69) is 32.9 Å². The molecule has 144 valence electrons. The maximum absolute atomic E-state index is 10.0. The van der Waals surface area contributed by atoms with Crippen molar-refractivity contribution in [2.24, 2.45) is 23.2 Å². The van der Waals surface area contributed by atoms with Gasteiger partial charge in [0.15, 0.2) is 5.79 Å². The molecule has 0 unspecified atom stereocenters. The Morgan fingerprint density at radius 3 is 2.85 bits per heavy atom. The monoisotopic (exact) mass is 358 g/mol. The molecule has 5 aliphatic rings. The molecule has 26 heavy (non-hydrogen) atoms. The van der Waals surface area contributed by atoms with Gasteiger partial charge in [0.05, 0.1) is 6.61 Å². The van der Waals surface area contributed by atoms with E-state index < -0.39 is 5.79 Å². The molecule has 0 radical (unpaired) electrons. The molecular formula is C23H34O3. The van der Waals surface area contributed by atoms with Crippen LogP contribution in [-0.4, -0.2) is 29.2 Å². The lowest BCUT2D eigenvalue weighted by Crippen LogP contribution is -2.82. The van der Waals surface area contributed by atoms with Gasteiger partial charge in [-0.2, -0.15) is 0 Å². The highest BCUT2D eigenvalue weighted by molar-refractivity contribution is 5.57. The Balaban J connectivity index is 1.50. The Morgan fingerprint density at radius 2 is 2.08 bits per heavy atom. The fraction of sp³-hybridized carbons (Fsp3) is 0.826. The first-order valence-corrected chi connectivity index (χ1v) is 10.9. The molecule has 1 heterocycles. The van der Waals surface area contributed by atoms with E-state index in [9.17, 15) is 5.11 Å². The molecule has 0 bridgehead atoms. The van der Waals surface area contributed by atoms with E-state index in [4.69, 9.17) is 9.47 Å². The molecule has 3 saturated carbocycles. The maximum atomic E-state index is 10.0. The highest BCUT2D eigenvalue weighted by Gasteiger charge is 2.86. The summed E-state index contributed by atoms with van der Waals surface area (Å²) in [5.74, 6) is 1.60. The molecule has 1 saturated heterocycles. The number of hydrogen-bond donors (Lipinski definition) is 1. The SMILES string of the molecule is CCCCCC[C@H]1[C@H]2C=CC(CO)=C3[C@@H]4OC(C)(C)O[C@@]45CCC[C@H]1[C@]325. The molecule has 4 fully saturated rings. The molecule has 0 aromatic rings. The third-order valence-electron chi connectivity index (χ3n) is 8.23. The van der Waals surface area contributed by atoms with E-state index in [1.807, 2.05) is 0 Å². The van der Waals surface area contributed by atoms with Gasteiger partial charge in [-0.25, -0.2) is 0 Å². The molecule has 4 aliphatic carbocycles. The second-order valence-corrected chi connectivity index (χ2v) is 9.75. The van der Waals surface area contributed by atoms with E-state index in [0.717, 1.165) is 23.8 Å². The fourth-order valence-electron chi connectivity index (χ4n) is 7.66. The van der Waals surface area contributed by atoms with Gasteiger partial charge in [0, 0.05) is 5.41 Å². The molecule has 1 aliphatic heterocycles. The molecule has 0 aromatic carbocycles. The van der Waals surface area contributed by atoms with E-state index in [-0.39, 0.29) is 23.7 Å². The zero-order chi connectivity index (χ0) is 18.2. The van der Waals surface area contributed by atoms with Gasteiger partial charge < -0.3 is 14.6 Å². The van der Waals surface area contributed by atoms with Gasteiger partial charge in [-0.05, 0) is 62.0 Å². The standard InChI is InChI=1S/C23H34O3/c1-4-5-6-7-9-16-17-10-8-13-22-20(25-21(2,3)26-22)19-15(14-24)11-12-18(16)23(17,19)22/h11-12,16-18,20,24H,4-10,13-14H2,1-3H3/t16-,17-,18-,20+,22+,23-/m1/s1. The minimum Gasteiger partial charge on any atom is -0.392 e. The lowest BCUT2D eigenvalue weighted by Gasteiger charge is -2.78. The lowest BCUT2D eigenvalue weighted by atomic mass is 9.27. The van der Waals surface area contributed by atoms with E-state index in [0.29, 0.717) is 5.92 Å². The van der Waals surface area contributed by atoms with Crippen molar-refractivity contribution < 1.29 is 14.6 Å². The molecule has 3 heteroatoms. The maximum Gasteiger partial charge on any atom is 0.164 e. The summed E-state index contributed by atoms with van der Waals surface area (Å²) in [5, 5.41) is 10.0. The summed E-state index contributed by atoms with van der Waals surface area (Å²) < 4.78 is 13.1. The highest BCUT2D eigenvalue weighted by atomic mass is 16.8. The van der Waals surface area contributed by atoms with Crippen LogP contribution in [0.25, 0.3) is 0 Å². The highest BCUT2D eigenvalue weighted by Crippen LogP contribution is 2.82. The normalized spacial score (nSPS) is 46.9. The van der Waals surface area contributed by atoms with E-state index >= 15 is 0 Å². The van der Waals surface area contributed by atoms with Crippen molar-refractivity contribution in [1.29, 1.82) is 0 Å². The molecule has 3 nitrogen and oxygen atoms in total. The quantitative estimate of drug-likeness (QED) is 0.696. The van der Waals surface area contributed by atoms with Gasteiger partial charge in [0.2, 0.25) is 0 Å². The van der Waals surface area contributed by atoms with Gasteiger partial charge >= 0.3 is 0 Å². The number of aliphatic hydroxyl groups excluding tert-OH is 1. The third-order valence-corrected chi connectivity index (χ3v) is 8.23. The summed E-state index contributed by atoms with van der Waals surface area (Å²) in [5.41, 5.74) is 2.52. The Labute approximate surface area is 157 Å². The molecule has 0 amide bonds. The Hall–Kier alpha value is -0.640. The number of allylic oxidation sites excluding steroid dienone is 1. The molecular weight excluding hydrogens is 324 g/mol. The molecule has 6 atom stereocenters. The smallest absolute Gasteiger partial charge is 0.164 e. The van der Waals surface area contributed by atoms with Gasteiger partial charge in [-0.15, -0.1) is 0 Å². The van der Waals surface area contributed by atoms with Crippen LogP contribution in [0.1, 0.15) is 72.1 Å². The minimum absolute atomic E-state index is 0.0657. The second kappa shape index (κ2) is 5.68. The van der Waals surface area contributed by atoms with Gasteiger partial charge in [0.1, 0.15) is 11.7 Å².